The van der Waals surface area contributed by atoms with Gasteiger partial charge in [0.15, 0.2) is 0 Å². The Labute approximate surface area is 280 Å². The first kappa shape index (κ1) is 35.3. The van der Waals surface area contributed by atoms with Gasteiger partial charge in [-0.25, -0.2) is 0 Å². The van der Waals surface area contributed by atoms with Gasteiger partial charge < -0.3 is 34.6 Å². The highest BCUT2D eigenvalue weighted by molar-refractivity contribution is 5.78. The van der Waals surface area contributed by atoms with Crippen molar-refractivity contribution in [1.82, 2.24) is 0 Å². The van der Waals surface area contributed by atoms with E-state index in [1.165, 1.54) is 6.92 Å². The molecule has 5 aliphatic carbocycles. The third-order valence-corrected chi connectivity index (χ3v) is 15.8. The summed E-state index contributed by atoms with van der Waals surface area (Å²) >= 11 is 0. The number of aliphatic hydroxyl groups excluding tert-OH is 4. The number of aliphatic hydroxyl groups is 4. The Hall–Kier alpha value is -1.52. The maximum absolute atomic E-state index is 14.4. The van der Waals surface area contributed by atoms with Gasteiger partial charge in [0.25, 0.3) is 0 Å². The summed E-state index contributed by atoms with van der Waals surface area (Å²) in [5.74, 6) is 0.867. The molecule has 0 bridgehead atoms. The quantitative estimate of drug-likeness (QED) is 0.239. The van der Waals surface area contributed by atoms with Gasteiger partial charge in [0.1, 0.15) is 30.5 Å². The zero-order valence-corrected chi connectivity index (χ0v) is 29.7. The van der Waals surface area contributed by atoms with Crippen molar-refractivity contribution < 1.29 is 44.2 Å². The first-order valence-corrected chi connectivity index (χ1v) is 18.2. The van der Waals surface area contributed by atoms with Crippen LogP contribution < -0.4 is 0 Å². The van der Waals surface area contributed by atoms with Crippen molar-refractivity contribution in [2.75, 3.05) is 6.61 Å². The summed E-state index contributed by atoms with van der Waals surface area (Å²) in [6.07, 6.45) is 1.93. The Morgan fingerprint density at radius 1 is 0.787 bits per heavy atom. The minimum absolute atomic E-state index is 0.00357. The Kier molecular flexibility index (Phi) is 8.85. The lowest BCUT2D eigenvalue weighted by atomic mass is 9.32. The van der Waals surface area contributed by atoms with Crippen LogP contribution in [-0.4, -0.2) is 75.8 Å². The Bertz CT molecular complexity index is 1260. The SMILES string of the molecule is C=C(C)[C@@H]1CC[C@]2(C(=O)O[C@H]3O[C@H](CO)[C@@H](O)[C@H](O)[C@H]3O)CC[C@]3(C)[C@H](CC[C@@H]4[C@@]5(C)CC[C@H](OC(C)=O)C(C)(C)[C@@H]5CC[C@]43C)[C@@H]12. The van der Waals surface area contributed by atoms with Crippen LogP contribution in [-0.2, 0) is 23.8 Å². The number of carbonyl (C=O) groups is 2. The highest BCUT2D eigenvalue weighted by Crippen LogP contribution is 2.77. The van der Waals surface area contributed by atoms with E-state index in [-0.39, 0.29) is 51.5 Å². The molecule has 6 rings (SSSR count). The zero-order valence-electron chi connectivity index (χ0n) is 29.7. The van der Waals surface area contributed by atoms with Crippen molar-refractivity contribution in [2.24, 2.45) is 56.7 Å². The summed E-state index contributed by atoms with van der Waals surface area (Å²) in [6.45, 7) is 19.6. The van der Waals surface area contributed by atoms with Crippen LogP contribution in [0, 0.1) is 56.7 Å². The standard InChI is InChI=1S/C38H60O9/c1-20(2)22-11-16-38(33(44)47-32-31(43)30(42)29(41)24(19-39)46-32)18-17-36(7)23(28(22)38)9-10-26-35(6)14-13-27(45-21(3)40)34(4,5)25(35)12-15-37(26,36)8/h22-32,39,41-43H,1,9-19H2,2-8H3/t22-,23+,24+,25-,26+,27-,28+,29+,30-,31+,32+,35-,36+,37+,38-/m0/s1. The van der Waals surface area contributed by atoms with Gasteiger partial charge >= 0.3 is 11.9 Å². The van der Waals surface area contributed by atoms with E-state index in [1.807, 2.05) is 0 Å². The minimum Gasteiger partial charge on any atom is -0.462 e. The molecule has 5 saturated carbocycles. The fourth-order valence-corrected chi connectivity index (χ4v) is 13.3. The molecule has 0 aromatic heterocycles. The maximum Gasteiger partial charge on any atom is 0.314 e. The molecular weight excluding hydrogens is 600 g/mol. The van der Waals surface area contributed by atoms with Crippen molar-refractivity contribution in [3.63, 3.8) is 0 Å². The van der Waals surface area contributed by atoms with E-state index in [1.54, 1.807) is 0 Å². The summed E-state index contributed by atoms with van der Waals surface area (Å²) in [5.41, 5.74) is 0.416. The van der Waals surface area contributed by atoms with Crippen LogP contribution >= 0.6 is 0 Å². The summed E-state index contributed by atoms with van der Waals surface area (Å²) in [5, 5.41) is 41.1. The van der Waals surface area contributed by atoms with Crippen molar-refractivity contribution in [3.8, 4) is 0 Å². The second kappa shape index (κ2) is 11.8. The lowest BCUT2D eigenvalue weighted by molar-refractivity contribution is -0.299. The van der Waals surface area contributed by atoms with E-state index in [0.717, 1.165) is 56.9 Å². The molecule has 1 aliphatic heterocycles. The average molecular weight is 661 g/mol. The smallest absolute Gasteiger partial charge is 0.314 e. The molecule has 0 aromatic rings. The monoisotopic (exact) mass is 660 g/mol. The number of allylic oxidation sites excluding steroid dienone is 1. The maximum atomic E-state index is 14.4. The summed E-state index contributed by atoms with van der Waals surface area (Å²) in [7, 11) is 0. The van der Waals surface area contributed by atoms with Crippen molar-refractivity contribution >= 4 is 11.9 Å². The minimum atomic E-state index is -1.62. The predicted octanol–water partition coefficient (Wildman–Crippen LogP) is 4.92. The molecule has 6 fully saturated rings. The molecule has 0 spiro atoms. The fraction of sp³-hybridized carbons (Fsp3) is 0.895. The second-order valence-electron chi connectivity index (χ2n) is 17.9. The Morgan fingerprint density at radius 2 is 1.49 bits per heavy atom. The number of rotatable bonds is 5. The van der Waals surface area contributed by atoms with Gasteiger partial charge in [-0.3, -0.25) is 9.59 Å². The molecule has 0 amide bonds. The molecule has 0 radical (unpaired) electrons. The first-order chi connectivity index (χ1) is 21.9. The number of hydrogen-bond donors (Lipinski definition) is 4. The Morgan fingerprint density at radius 3 is 2.13 bits per heavy atom. The molecule has 266 valence electrons. The second-order valence-corrected chi connectivity index (χ2v) is 17.9. The van der Waals surface area contributed by atoms with Crippen LogP contribution in [0.5, 0.6) is 0 Å². The summed E-state index contributed by atoms with van der Waals surface area (Å²) < 4.78 is 17.5. The van der Waals surface area contributed by atoms with Crippen LogP contribution in [0.2, 0.25) is 0 Å². The molecule has 9 heteroatoms. The lowest BCUT2D eigenvalue weighted by Gasteiger charge is -2.72. The molecule has 0 aromatic carbocycles. The van der Waals surface area contributed by atoms with Gasteiger partial charge in [0, 0.05) is 12.3 Å². The molecule has 1 saturated heterocycles. The van der Waals surface area contributed by atoms with Crippen LogP contribution in [0.3, 0.4) is 0 Å². The van der Waals surface area contributed by atoms with Crippen molar-refractivity contribution in [2.45, 2.75) is 149 Å². The molecule has 15 atom stereocenters. The molecule has 0 unspecified atom stereocenters. The number of hydrogen-bond acceptors (Lipinski definition) is 9. The van der Waals surface area contributed by atoms with Gasteiger partial charge in [0.2, 0.25) is 6.29 Å². The molecule has 1 heterocycles. The molecule has 47 heavy (non-hydrogen) atoms. The van der Waals surface area contributed by atoms with Crippen LogP contribution in [0.4, 0.5) is 0 Å². The first-order valence-electron chi connectivity index (χ1n) is 18.2. The van der Waals surface area contributed by atoms with Crippen LogP contribution in [0.1, 0.15) is 113 Å². The topological polar surface area (TPSA) is 143 Å². The van der Waals surface area contributed by atoms with Crippen LogP contribution in [0.25, 0.3) is 0 Å². The predicted molar refractivity (Wildman–Crippen MR) is 174 cm³/mol. The molecular formula is C38H60O9. The summed E-state index contributed by atoms with van der Waals surface area (Å²) in [6, 6.07) is 0. The third-order valence-electron chi connectivity index (χ3n) is 15.8. The molecule has 6 aliphatic rings. The Balaban J connectivity index is 1.31. The summed E-state index contributed by atoms with van der Waals surface area (Å²) in [4.78, 5) is 26.5. The van der Waals surface area contributed by atoms with E-state index in [0.29, 0.717) is 24.7 Å². The van der Waals surface area contributed by atoms with Crippen LogP contribution in [0.15, 0.2) is 12.2 Å². The number of esters is 2. The largest absolute Gasteiger partial charge is 0.462 e. The van der Waals surface area contributed by atoms with E-state index >= 15 is 0 Å². The third kappa shape index (κ3) is 4.94. The number of ether oxygens (including phenoxy) is 3. The van der Waals surface area contributed by atoms with Gasteiger partial charge in [0.05, 0.1) is 12.0 Å². The van der Waals surface area contributed by atoms with E-state index in [4.69, 9.17) is 14.2 Å². The lowest BCUT2D eigenvalue weighted by Crippen LogP contribution is -2.67. The zero-order chi connectivity index (χ0) is 34.5. The van der Waals surface area contributed by atoms with E-state index in [9.17, 15) is 30.0 Å². The normalized spacial score (nSPS) is 51.9. The highest BCUT2D eigenvalue weighted by atomic mass is 16.7. The molecule has 9 nitrogen and oxygen atoms in total. The van der Waals surface area contributed by atoms with Gasteiger partial charge in [-0.15, -0.1) is 0 Å². The highest BCUT2D eigenvalue weighted by Gasteiger charge is 2.72. The molecule has 4 N–H and O–H groups in total. The fourth-order valence-electron chi connectivity index (χ4n) is 13.3. The van der Waals surface area contributed by atoms with Crippen molar-refractivity contribution in [1.29, 1.82) is 0 Å². The average Bonchev–Trinajstić information content (AvgIpc) is 3.40. The number of fused-ring (bicyclic) bond motifs is 7. The van der Waals surface area contributed by atoms with Crippen molar-refractivity contribution in [3.05, 3.63) is 12.2 Å². The number of carbonyl (C=O) groups excluding carboxylic acids is 2. The van der Waals surface area contributed by atoms with Gasteiger partial charge in [-0.05, 0) is 117 Å². The van der Waals surface area contributed by atoms with Gasteiger partial charge in [-0.1, -0.05) is 46.8 Å². The van der Waals surface area contributed by atoms with E-state index < -0.39 is 48.7 Å². The van der Waals surface area contributed by atoms with Gasteiger partial charge in [-0.2, -0.15) is 0 Å². The van der Waals surface area contributed by atoms with E-state index in [2.05, 4.69) is 48.1 Å².